The first kappa shape index (κ1) is 12.8. The summed E-state index contributed by atoms with van der Waals surface area (Å²) in [4.78, 5) is 0. The lowest BCUT2D eigenvalue weighted by Gasteiger charge is -2.12. The van der Waals surface area contributed by atoms with Crippen molar-refractivity contribution in [2.75, 3.05) is 5.73 Å². The third-order valence-corrected chi connectivity index (χ3v) is 3.77. The van der Waals surface area contributed by atoms with Crippen LogP contribution in [0.25, 0.3) is 11.1 Å². The molecule has 0 aliphatic carbocycles. The van der Waals surface area contributed by atoms with E-state index in [1.165, 1.54) is 0 Å². The van der Waals surface area contributed by atoms with Crippen LogP contribution in [0.3, 0.4) is 0 Å². The second-order valence-electron chi connectivity index (χ2n) is 3.42. The summed E-state index contributed by atoms with van der Waals surface area (Å²) in [6.07, 6.45) is 0. The molecule has 0 bridgehead atoms. The van der Waals surface area contributed by atoms with Gasteiger partial charge in [-0.1, -0.05) is 52.5 Å². The molecule has 0 saturated carbocycles. The first-order valence-electron chi connectivity index (χ1n) is 4.70. The largest absolute Gasteiger partial charge is 0.398 e. The van der Waals surface area contributed by atoms with E-state index < -0.39 is 0 Å². The van der Waals surface area contributed by atoms with Crippen LogP contribution in [0.2, 0.25) is 20.1 Å². The number of hydrogen-bond donors (Lipinski definition) is 1. The molecule has 1 nitrogen and oxygen atoms in total. The summed E-state index contributed by atoms with van der Waals surface area (Å²) < 4.78 is 0. The highest BCUT2D eigenvalue weighted by Gasteiger charge is 2.16. The maximum Gasteiger partial charge on any atom is 0.0686 e. The van der Waals surface area contributed by atoms with Crippen molar-refractivity contribution < 1.29 is 0 Å². The minimum Gasteiger partial charge on any atom is -0.398 e. The zero-order valence-electron chi connectivity index (χ0n) is 8.48. The van der Waals surface area contributed by atoms with Crippen molar-refractivity contribution in [2.45, 2.75) is 0 Å². The maximum absolute atomic E-state index is 6.15. The fourth-order valence-electron chi connectivity index (χ4n) is 1.56. The molecule has 0 atom stereocenters. The van der Waals surface area contributed by atoms with E-state index in [9.17, 15) is 0 Å². The van der Waals surface area contributed by atoms with E-state index in [0.29, 0.717) is 36.9 Å². The molecule has 17 heavy (non-hydrogen) atoms. The lowest BCUT2D eigenvalue weighted by molar-refractivity contribution is 1.60. The SMILES string of the molecule is Nc1cccc(Cl)c1-c1c(Cl)ccc(Cl)c1Cl. The number of nitrogen functional groups attached to an aromatic ring is 1. The van der Waals surface area contributed by atoms with Gasteiger partial charge in [0.15, 0.2) is 0 Å². The Morgan fingerprint density at radius 3 is 1.94 bits per heavy atom. The minimum absolute atomic E-state index is 0.346. The zero-order valence-corrected chi connectivity index (χ0v) is 11.5. The minimum atomic E-state index is 0.346. The third-order valence-electron chi connectivity index (χ3n) is 2.34. The average Bonchev–Trinajstić information content (AvgIpc) is 2.28. The topological polar surface area (TPSA) is 26.0 Å². The van der Waals surface area contributed by atoms with E-state index in [0.717, 1.165) is 0 Å². The molecule has 2 N–H and O–H groups in total. The molecule has 5 heteroatoms. The van der Waals surface area contributed by atoms with E-state index in [1.807, 2.05) is 0 Å². The van der Waals surface area contributed by atoms with Gasteiger partial charge in [0.1, 0.15) is 0 Å². The Morgan fingerprint density at radius 2 is 1.29 bits per heavy atom. The highest BCUT2D eigenvalue weighted by atomic mass is 35.5. The van der Waals surface area contributed by atoms with Gasteiger partial charge in [-0.25, -0.2) is 0 Å². The molecule has 0 saturated heterocycles. The normalized spacial score (nSPS) is 10.6. The van der Waals surface area contributed by atoms with Crippen molar-refractivity contribution in [3.8, 4) is 11.1 Å². The maximum atomic E-state index is 6.15. The Hall–Kier alpha value is -0.600. The average molecular weight is 307 g/mol. The summed E-state index contributed by atoms with van der Waals surface area (Å²) in [6, 6.07) is 8.50. The Balaban J connectivity index is 2.82. The van der Waals surface area contributed by atoms with Crippen molar-refractivity contribution in [3.05, 3.63) is 50.4 Å². The van der Waals surface area contributed by atoms with Crippen LogP contribution in [-0.4, -0.2) is 0 Å². The summed E-state index contributed by atoms with van der Waals surface area (Å²) in [5.41, 5.74) is 7.56. The van der Waals surface area contributed by atoms with Gasteiger partial charge in [0.05, 0.1) is 20.1 Å². The molecule has 0 spiro atoms. The van der Waals surface area contributed by atoms with Gasteiger partial charge < -0.3 is 5.73 Å². The smallest absolute Gasteiger partial charge is 0.0686 e. The Morgan fingerprint density at radius 1 is 0.706 bits per heavy atom. The number of anilines is 1. The van der Waals surface area contributed by atoms with Crippen molar-refractivity contribution in [2.24, 2.45) is 0 Å². The van der Waals surface area contributed by atoms with Crippen LogP contribution in [0.4, 0.5) is 5.69 Å². The summed E-state index contributed by atoms with van der Waals surface area (Å²) in [5.74, 6) is 0. The third kappa shape index (κ3) is 2.34. The van der Waals surface area contributed by atoms with Crippen molar-refractivity contribution in [3.63, 3.8) is 0 Å². The van der Waals surface area contributed by atoms with Gasteiger partial charge in [-0.05, 0) is 24.3 Å². The van der Waals surface area contributed by atoms with E-state index in [2.05, 4.69) is 0 Å². The summed E-state index contributed by atoms with van der Waals surface area (Å²) in [7, 11) is 0. The number of hydrogen-bond acceptors (Lipinski definition) is 1. The first-order valence-corrected chi connectivity index (χ1v) is 6.21. The van der Waals surface area contributed by atoms with Gasteiger partial charge in [0.25, 0.3) is 0 Å². The Labute approximate surface area is 119 Å². The molecule has 0 aromatic heterocycles. The predicted octanol–water partition coefficient (Wildman–Crippen LogP) is 5.55. The lowest BCUT2D eigenvalue weighted by atomic mass is 10.0. The molecule has 0 unspecified atom stereocenters. The number of halogens is 4. The predicted molar refractivity (Wildman–Crippen MR) is 76.3 cm³/mol. The highest BCUT2D eigenvalue weighted by molar-refractivity contribution is 6.47. The fraction of sp³-hybridized carbons (Fsp3) is 0. The van der Waals surface area contributed by atoms with Crippen LogP contribution >= 0.6 is 46.4 Å². The van der Waals surface area contributed by atoms with Gasteiger partial charge in [-0.2, -0.15) is 0 Å². The molecule has 0 heterocycles. The Bertz CT molecular complexity index is 561. The quantitative estimate of drug-likeness (QED) is 0.542. The Kier molecular flexibility index (Phi) is 3.74. The van der Waals surface area contributed by atoms with E-state index in [4.69, 9.17) is 52.1 Å². The number of rotatable bonds is 1. The van der Waals surface area contributed by atoms with Gasteiger partial charge in [0, 0.05) is 16.8 Å². The molecule has 2 rings (SSSR count). The van der Waals surface area contributed by atoms with Crippen LogP contribution in [0.15, 0.2) is 30.3 Å². The lowest BCUT2D eigenvalue weighted by Crippen LogP contribution is -1.92. The van der Waals surface area contributed by atoms with Crippen LogP contribution < -0.4 is 5.73 Å². The standard InChI is InChI=1S/C12H7Cl4N/c13-6-2-1-3-9(17)10(6)11-7(14)4-5-8(15)12(11)16/h1-5H,17H2. The van der Waals surface area contributed by atoms with Crippen molar-refractivity contribution in [1.29, 1.82) is 0 Å². The zero-order chi connectivity index (χ0) is 12.6. The van der Waals surface area contributed by atoms with Gasteiger partial charge >= 0.3 is 0 Å². The summed E-state index contributed by atoms with van der Waals surface area (Å²) >= 11 is 24.4. The van der Waals surface area contributed by atoms with Gasteiger partial charge in [0.2, 0.25) is 0 Å². The number of nitrogens with two attached hydrogens (primary N) is 1. The molecule has 0 aliphatic heterocycles. The van der Waals surface area contributed by atoms with Gasteiger partial charge in [-0.3, -0.25) is 0 Å². The monoisotopic (exact) mass is 305 g/mol. The molecule has 2 aromatic rings. The number of benzene rings is 2. The first-order chi connectivity index (χ1) is 8.02. The van der Waals surface area contributed by atoms with E-state index >= 15 is 0 Å². The highest BCUT2D eigenvalue weighted by Crippen LogP contribution is 2.44. The molecule has 0 radical (unpaired) electrons. The van der Waals surface area contributed by atoms with Crippen molar-refractivity contribution >= 4 is 52.1 Å². The van der Waals surface area contributed by atoms with Crippen LogP contribution in [0.5, 0.6) is 0 Å². The summed E-state index contributed by atoms with van der Waals surface area (Å²) in [6.45, 7) is 0. The molecule has 0 fully saturated rings. The molecular weight excluding hydrogens is 300 g/mol. The summed E-state index contributed by atoms with van der Waals surface area (Å²) in [5, 5.41) is 1.69. The molecule has 2 aromatic carbocycles. The molecular formula is C12H7Cl4N. The fourth-order valence-corrected chi connectivity index (χ4v) is 2.55. The second kappa shape index (κ2) is 4.95. The van der Waals surface area contributed by atoms with Crippen LogP contribution in [0, 0.1) is 0 Å². The molecule has 0 aliphatic rings. The second-order valence-corrected chi connectivity index (χ2v) is 5.02. The molecule has 88 valence electrons. The van der Waals surface area contributed by atoms with Gasteiger partial charge in [-0.15, -0.1) is 0 Å². The molecule has 0 amide bonds. The van der Waals surface area contributed by atoms with Crippen LogP contribution in [-0.2, 0) is 0 Å². The van der Waals surface area contributed by atoms with E-state index in [-0.39, 0.29) is 0 Å². The van der Waals surface area contributed by atoms with Crippen molar-refractivity contribution in [1.82, 2.24) is 0 Å². The van der Waals surface area contributed by atoms with E-state index in [1.54, 1.807) is 30.3 Å². The van der Waals surface area contributed by atoms with Crippen LogP contribution in [0.1, 0.15) is 0 Å².